The van der Waals surface area contributed by atoms with Crippen LogP contribution in [0.1, 0.15) is 11.1 Å². The molecule has 0 bridgehead atoms. The van der Waals surface area contributed by atoms with Gasteiger partial charge in [0, 0.05) is 7.05 Å². The monoisotopic (exact) mass is 241 g/mol. The zero-order chi connectivity index (χ0) is 12.3. The van der Waals surface area contributed by atoms with Gasteiger partial charge in [0.05, 0.1) is 12.8 Å². The van der Waals surface area contributed by atoms with E-state index in [1.165, 1.54) is 4.90 Å². The number of hydrogen-bond acceptors (Lipinski definition) is 2. The van der Waals surface area contributed by atoms with Gasteiger partial charge in [-0.25, -0.2) is 0 Å². The molecule has 0 atom stereocenters. The Kier molecular flexibility index (Phi) is 4.19. The second-order valence-corrected chi connectivity index (χ2v) is 3.99. The summed E-state index contributed by atoms with van der Waals surface area (Å²) >= 11 is 5.54. The van der Waals surface area contributed by atoms with Gasteiger partial charge in [-0.2, -0.15) is 0 Å². The Balaban J connectivity index is 3.25. The van der Waals surface area contributed by atoms with E-state index in [0.717, 1.165) is 16.8 Å². The van der Waals surface area contributed by atoms with Crippen LogP contribution in [0.4, 0.5) is 5.69 Å². The van der Waals surface area contributed by atoms with Gasteiger partial charge in [-0.1, -0.05) is 6.07 Å². The SMILES string of the molecule is COc1c(C)cc(C)cc1N(C)C(=O)CCl. The Bertz CT molecular complexity index is 404. The fraction of sp³-hybridized carbons (Fsp3) is 0.417. The first-order chi connectivity index (χ1) is 7.51. The summed E-state index contributed by atoms with van der Waals surface area (Å²) in [5.41, 5.74) is 2.85. The maximum Gasteiger partial charge on any atom is 0.241 e. The summed E-state index contributed by atoms with van der Waals surface area (Å²) in [5, 5.41) is 0. The fourth-order valence-corrected chi connectivity index (χ4v) is 1.85. The molecule has 1 amide bonds. The molecule has 0 unspecified atom stereocenters. The molecule has 1 aromatic rings. The minimum atomic E-state index is -0.148. The minimum absolute atomic E-state index is 0.0351. The lowest BCUT2D eigenvalue weighted by molar-refractivity contribution is -0.116. The second kappa shape index (κ2) is 5.21. The standard InChI is InChI=1S/C12H16ClNO2/c1-8-5-9(2)12(16-4)10(6-8)14(3)11(15)7-13/h5-6H,7H2,1-4H3. The third-order valence-electron chi connectivity index (χ3n) is 2.45. The van der Waals surface area contributed by atoms with Gasteiger partial charge >= 0.3 is 0 Å². The van der Waals surface area contributed by atoms with Crippen molar-refractivity contribution in [2.45, 2.75) is 13.8 Å². The highest BCUT2D eigenvalue weighted by atomic mass is 35.5. The largest absolute Gasteiger partial charge is 0.494 e. The predicted octanol–water partition coefficient (Wildman–Crippen LogP) is 2.51. The smallest absolute Gasteiger partial charge is 0.241 e. The van der Waals surface area contributed by atoms with Crippen LogP contribution >= 0.6 is 11.6 Å². The highest BCUT2D eigenvalue weighted by Gasteiger charge is 2.16. The number of nitrogens with zero attached hydrogens (tertiary/aromatic N) is 1. The third kappa shape index (κ3) is 2.47. The van der Waals surface area contributed by atoms with E-state index in [-0.39, 0.29) is 11.8 Å². The number of alkyl halides is 1. The first-order valence-electron chi connectivity index (χ1n) is 4.99. The van der Waals surface area contributed by atoms with Gasteiger partial charge < -0.3 is 9.64 Å². The van der Waals surface area contributed by atoms with Crippen molar-refractivity contribution in [3.63, 3.8) is 0 Å². The number of ether oxygens (including phenoxy) is 1. The first kappa shape index (κ1) is 12.8. The van der Waals surface area contributed by atoms with Crippen LogP contribution in [0.3, 0.4) is 0 Å². The molecule has 0 saturated carbocycles. The average Bonchev–Trinajstić information content (AvgIpc) is 2.26. The Hall–Kier alpha value is -1.22. The lowest BCUT2D eigenvalue weighted by Crippen LogP contribution is -2.27. The van der Waals surface area contributed by atoms with Crippen molar-refractivity contribution in [1.82, 2.24) is 0 Å². The van der Waals surface area contributed by atoms with Crippen molar-refractivity contribution < 1.29 is 9.53 Å². The summed E-state index contributed by atoms with van der Waals surface area (Å²) in [5.74, 6) is 0.531. The van der Waals surface area contributed by atoms with Gasteiger partial charge in [0.2, 0.25) is 5.91 Å². The molecule has 88 valence electrons. The molecule has 1 rings (SSSR count). The first-order valence-corrected chi connectivity index (χ1v) is 5.52. The summed E-state index contributed by atoms with van der Waals surface area (Å²) in [6, 6.07) is 3.93. The summed E-state index contributed by atoms with van der Waals surface area (Å²) in [6.07, 6.45) is 0. The molecule has 4 heteroatoms. The third-order valence-corrected chi connectivity index (χ3v) is 2.68. The summed E-state index contributed by atoms with van der Waals surface area (Å²) < 4.78 is 5.31. The lowest BCUT2D eigenvalue weighted by Gasteiger charge is -2.21. The van der Waals surface area contributed by atoms with E-state index in [0.29, 0.717) is 5.75 Å². The molecule has 0 aromatic heterocycles. The molecule has 0 heterocycles. The molecule has 3 nitrogen and oxygen atoms in total. The van der Waals surface area contributed by atoms with Gasteiger partial charge in [0.1, 0.15) is 11.6 Å². The topological polar surface area (TPSA) is 29.5 Å². The molecule has 0 saturated heterocycles. The van der Waals surface area contributed by atoms with Crippen molar-refractivity contribution >= 4 is 23.2 Å². The van der Waals surface area contributed by atoms with Crippen LogP contribution in [0.15, 0.2) is 12.1 Å². The van der Waals surface area contributed by atoms with Gasteiger partial charge in [-0.15, -0.1) is 11.6 Å². The van der Waals surface area contributed by atoms with E-state index < -0.39 is 0 Å². The number of rotatable bonds is 3. The number of methoxy groups -OCH3 is 1. The highest BCUT2D eigenvalue weighted by Crippen LogP contribution is 2.32. The molecular formula is C12H16ClNO2. The van der Waals surface area contributed by atoms with Gasteiger partial charge in [-0.05, 0) is 31.0 Å². The van der Waals surface area contributed by atoms with Crippen molar-refractivity contribution in [1.29, 1.82) is 0 Å². The van der Waals surface area contributed by atoms with E-state index in [9.17, 15) is 4.79 Å². The molecular weight excluding hydrogens is 226 g/mol. The van der Waals surface area contributed by atoms with E-state index in [1.807, 2.05) is 26.0 Å². The number of benzene rings is 1. The van der Waals surface area contributed by atoms with Crippen LogP contribution in [0.25, 0.3) is 0 Å². The Morgan fingerprint density at radius 1 is 1.44 bits per heavy atom. The molecule has 0 fully saturated rings. The summed E-state index contributed by atoms with van der Waals surface area (Å²) in [4.78, 5) is 13.1. The Morgan fingerprint density at radius 3 is 2.56 bits per heavy atom. The van der Waals surface area contributed by atoms with Crippen LogP contribution < -0.4 is 9.64 Å². The van der Waals surface area contributed by atoms with E-state index in [2.05, 4.69) is 0 Å². The van der Waals surface area contributed by atoms with E-state index >= 15 is 0 Å². The second-order valence-electron chi connectivity index (χ2n) is 3.72. The van der Waals surface area contributed by atoms with Gasteiger partial charge in [-0.3, -0.25) is 4.79 Å². The number of amides is 1. The van der Waals surface area contributed by atoms with Crippen molar-refractivity contribution in [2.75, 3.05) is 24.9 Å². The molecule has 0 aliphatic heterocycles. The van der Waals surface area contributed by atoms with Crippen LogP contribution in [-0.4, -0.2) is 25.9 Å². The van der Waals surface area contributed by atoms with Crippen LogP contribution in [0, 0.1) is 13.8 Å². The lowest BCUT2D eigenvalue weighted by atomic mass is 10.1. The number of aryl methyl sites for hydroxylation is 2. The molecule has 0 radical (unpaired) electrons. The van der Waals surface area contributed by atoms with E-state index in [1.54, 1.807) is 14.2 Å². The molecule has 0 aliphatic carbocycles. The van der Waals surface area contributed by atoms with Crippen molar-refractivity contribution in [3.8, 4) is 5.75 Å². The number of carbonyl (C=O) groups excluding carboxylic acids is 1. The van der Waals surface area contributed by atoms with Crippen LogP contribution in [-0.2, 0) is 4.79 Å². The van der Waals surface area contributed by atoms with Crippen molar-refractivity contribution in [3.05, 3.63) is 23.3 Å². The Labute approximate surface area is 101 Å². The van der Waals surface area contributed by atoms with Crippen LogP contribution in [0.5, 0.6) is 5.75 Å². The maximum absolute atomic E-state index is 11.5. The number of hydrogen-bond donors (Lipinski definition) is 0. The summed E-state index contributed by atoms with van der Waals surface area (Å²) in [7, 11) is 3.29. The highest BCUT2D eigenvalue weighted by molar-refractivity contribution is 6.29. The number of anilines is 1. The Morgan fingerprint density at radius 2 is 2.06 bits per heavy atom. The molecule has 0 spiro atoms. The zero-order valence-corrected chi connectivity index (χ0v) is 10.8. The molecule has 16 heavy (non-hydrogen) atoms. The summed E-state index contributed by atoms with van der Waals surface area (Å²) in [6.45, 7) is 3.93. The average molecular weight is 242 g/mol. The molecule has 0 aliphatic rings. The normalized spacial score (nSPS) is 10.1. The van der Waals surface area contributed by atoms with E-state index in [4.69, 9.17) is 16.3 Å². The van der Waals surface area contributed by atoms with Gasteiger partial charge in [0.25, 0.3) is 0 Å². The maximum atomic E-state index is 11.5. The van der Waals surface area contributed by atoms with Crippen molar-refractivity contribution in [2.24, 2.45) is 0 Å². The molecule has 1 aromatic carbocycles. The number of halogens is 1. The predicted molar refractivity (Wildman–Crippen MR) is 66.6 cm³/mol. The fourth-order valence-electron chi connectivity index (χ4n) is 1.67. The quantitative estimate of drug-likeness (QED) is 0.761. The minimum Gasteiger partial charge on any atom is -0.494 e. The number of carbonyl (C=O) groups is 1. The van der Waals surface area contributed by atoms with Gasteiger partial charge in [0.15, 0.2) is 0 Å². The zero-order valence-electron chi connectivity index (χ0n) is 10.0. The van der Waals surface area contributed by atoms with Crippen LogP contribution in [0.2, 0.25) is 0 Å². The molecule has 0 N–H and O–H groups in total.